The van der Waals surface area contributed by atoms with Crippen molar-refractivity contribution in [2.45, 2.75) is 26.1 Å². The highest BCUT2D eigenvalue weighted by Gasteiger charge is 2.24. The number of hydrogen-bond donors (Lipinski definition) is 1. The maximum absolute atomic E-state index is 12.3. The monoisotopic (exact) mass is 416 g/mol. The number of amides is 1. The van der Waals surface area contributed by atoms with E-state index in [0.29, 0.717) is 17.1 Å². The average molecular weight is 417 g/mol. The number of esters is 1. The standard InChI is InChI=1S/C20H21ClN4O4/c1-5-29-20(27)14-10-22-25(18(14)24-19(26)12(3)21)16-9-11(2)13-7-6-8-15(28-4)17(13)23-16/h6-10,12H,5H2,1-4H3,(H,24,26). The molecule has 9 heteroatoms. The number of anilines is 1. The molecule has 8 nitrogen and oxygen atoms in total. The molecule has 1 unspecified atom stereocenters. The zero-order valence-electron chi connectivity index (χ0n) is 16.5. The number of fused-ring (bicyclic) bond motifs is 1. The fraction of sp³-hybridized carbons (Fsp3) is 0.300. The van der Waals surface area contributed by atoms with E-state index in [1.807, 2.05) is 31.2 Å². The van der Waals surface area contributed by atoms with Gasteiger partial charge < -0.3 is 14.8 Å². The van der Waals surface area contributed by atoms with E-state index >= 15 is 0 Å². The number of carbonyl (C=O) groups is 2. The first-order valence-electron chi connectivity index (χ1n) is 9.02. The molecular formula is C20H21ClN4O4. The molecule has 0 aliphatic carbocycles. The SMILES string of the molecule is CCOC(=O)c1cnn(-c2cc(C)c3cccc(OC)c3n2)c1NC(=O)C(C)Cl. The highest BCUT2D eigenvalue weighted by molar-refractivity contribution is 6.32. The summed E-state index contributed by atoms with van der Waals surface area (Å²) in [5.74, 6) is 0.0697. The van der Waals surface area contributed by atoms with Gasteiger partial charge in [0.15, 0.2) is 11.6 Å². The number of aromatic nitrogens is 3. The van der Waals surface area contributed by atoms with Gasteiger partial charge in [-0.3, -0.25) is 4.79 Å². The van der Waals surface area contributed by atoms with Crippen LogP contribution >= 0.6 is 11.6 Å². The van der Waals surface area contributed by atoms with Crippen molar-refractivity contribution < 1.29 is 19.1 Å². The average Bonchev–Trinajstić information content (AvgIpc) is 3.11. The van der Waals surface area contributed by atoms with Crippen LogP contribution in [0.5, 0.6) is 5.75 Å². The molecule has 1 atom stereocenters. The zero-order valence-corrected chi connectivity index (χ0v) is 17.3. The van der Waals surface area contributed by atoms with Crippen LogP contribution in [0.1, 0.15) is 29.8 Å². The molecule has 0 saturated heterocycles. The second-order valence-electron chi connectivity index (χ2n) is 6.30. The van der Waals surface area contributed by atoms with Crippen molar-refractivity contribution in [2.75, 3.05) is 19.0 Å². The molecule has 1 amide bonds. The number of aryl methyl sites for hydroxylation is 1. The van der Waals surface area contributed by atoms with Crippen molar-refractivity contribution in [2.24, 2.45) is 0 Å². The second kappa shape index (κ2) is 8.48. The van der Waals surface area contributed by atoms with Crippen LogP contribution in [0.3, 0.4) is 0 Å². The Kier molecular flexibility index (Phi) is 6.03. The molecule has 1 aromatic carbocycles. The minimum absolute atomic E-state index is 0.108. The lowest BCUT2D eigenvalue weighted by Gasteiger charge is -2.13. The lowest BCUT2D eigenvalue weighted by molar-refractivity contribution is -0.115. The van der Waals surface area contributed by atoms with Crippen LogP contribution in [0.2, 0.25) is 0 Å². The Hall–Kier alpha value is -3.13. The van der Waals surface area contributed by atoms with E-state index in [1.165, 1.54) is 17.8 Å². The minimum Gasteiger partial charge on any atom is -0.494 e. The Morgan fingerprint density at radius 2 is 2.10 bits per heavy atom. The fourth-order valence-electron chi connectivity index (χ4n) is 2.86. The third-order valence-corrected chi connectivity index (χ3v) is 4.50. The summed E-state index contributed by atoms with van der Waals surface area (Å²) >= 11 is 5.89. The lowest BCUT2D eigenvalue weighted by atomic mass is 10.1. The fourth-order valence-corrected chi connectivity index (χ4v) is 2.92. The van der Waals surface area contributed by atoms with Gasteiger partial charge in [-0.15, -0.1) is 11.6 Å². The number of nitrogens with zero attached hydrogens (tertiary/aromatic N) is 3. The number of nitrogens with one attached hydrogen (secondary N) is 1. The van der Waals surface area contributed by atoms with Gasteiger partial charge in [0.1, 0.15) is 22.2 Å². The van der Waals surface area contributed by atoms with E-state index in [2.05, 4.69) is 15.4 Å². The lowest BCUT2D eigenvalue weighted by Crippen LogP contribution is -2.24. The van der Waals surface area contributed by atoms with Crippen LogP contribution in [0.25, 0.3) is 16.7 Å². The first-order chi connectivity index (χ1) is 13.9. The van der Waals surface area contributed by atoms with Crippen LogP contribution in [-0.2, 0) is 9.53 Å². The molecule has 0 aliphatic heterocycles. The molecule has 2 heterocycles. The van der Waals surface area contributed by atoms with E-state index in [9.17, 15) is 9.59 Å². The van der Waals surface area contributed by atoms with E-state index < -0.39 is 17.3 Å². The smallest absolute Gasteiger partial charge is 0.343 e. The number of alkyl halides is 1. The molecule has 0 bridgehead atoms. The molecule has 0 saturated carbocycles. The largest absolute Gasteiger partial charge is 0.494 e. The highest BCUT2D eigenvalue weighted by atomic mass is 35.5. The normalized spacial score (nSPS) is 11.9. The van der Waals surface area contributed by atoms with Crippen LogP contribution < -0.4 is 10.1 Å². The summed E-state index contributed by atoms with van der Waals surface area (Å²) in [5.41, 5.74) is 1.68. The summed E-state index contributed by atoms with van der Waals surface area (Å²) in [6, 6.07) is 7.44. The van der Waals surface area contributed by atoms with Crippen molar-refractivity contribution in [1.82, 2.24) is 14.8 Å². The van der Waals surface area contributed by atoms with E-state index in [0.717, 1.165) is 10.9 Å². The van der Waals surface area contributed by atoms with Crippen LogP contribution in [0, 0.1) is 6.92 Å². The molecule has 0 radical (unpaired) electrons. The second-order valence-corrected chi connectivity index (χ2v) is 6.95. The molecule has 0 aliphatic rings. The quantitative estimate of drug-likeness (QED) is 0.488. The topological polar surface area (TPSA) is 95.3 Å². The predicted octanol–water partition coefficient (Wildman–Crippen LogP) is 3.48. The van der Waals surface area contributed by atoms with Crippen LogP contribution in [-0.4, -0.2) is 45.7 Å². The molecule has 3 aromatic rings. The maximum Gasteiger partial charge on any atom is 0.343 e. The summed E-state index contributed by atoms with van der Waals surface area (Å²) < 4.78 is 11.9. The van der Waals surface area contributed by atoms with Crippen molar-refractivity contribution >= 4 is 40.2 Å². The van der Waals surface area contributed by atoms with Crippen molar-refractivity contribution in [3.8, 4) is 11.6 Å². The minimum atomic E-state index is -0.806. The Morgan fingerprint density at radius 3 is 2.76 bits per heavy atom. The number of benzene rings is 1. The highest BCUT2D eigenvalue weighted by Crippen LogP contribution is 2.29. The third kappa shape index (κ3) is 4.02. The van der Waals surface area contributed by atoms with E-state index in [-0.39, 0.29) is 18.0 Å². The number of para-hydroxylation sites is 1. The molecule has 1 N–H and O–H groups in total. The number of halogens is 1. The summed E-state index contributed by atoms with van der Waals surface area (Å²) in [6.45, 7) is 5.35. The van der Waals surface area contributed by atoms with Gasteiger partial charge >= 0.3 is 5.97 Å². The Balaban J connectivity index is 2.20. The summed E-state index contributed by atoms with van der Waals surface area (Å²) in [5, 5.41) is 7.03. The number of hydrogen-bond acceptors (Lipinski definition) is 6. The van der Waals surface area contributed by atoms with Gasteiger partial charge in [0.2, 0.25) is 5.91 Å². The first-order valence-corrected chi connectivity index (χ1v) is 9.45. The maximum atomic E-state index is 12.3. The van der Waals surface area contributed by atoms with Crippen molar-refractivity contribution in [1.29, 1.82) is 0 Å². The van der Waals surface area contributed by atoms with E-state index in [1.54, 1.807) is 14.0 Å². The number of ether oxygens (including phenoxy) is 2. The third-order valence-electron chi connectivity index (χ3n) is 4.30. The van der Waals surface area contributed by atoms with E-state index in [4.69, 9.17) is 21.1 Å². The number of rotatable bonds is 6. The molecule has 0 fully saturated rings. The molecular weight excluding hydrogens is 396 g/mol. The number of pyridine rings is 1. The van der Waals surface area contributed by atoms with Gasteiger partial charge in [0.25, 0.3) is 0 Å². The van der Waals surface area contributed by atoms with Gasteiger partial charge in [-0.1, -0.05) is 12.1 Å². The van der Waals surface area contributed by atoms with Gasteiger partial charge in [-0.2, -0.15) is 9.78 Å². The molecule has 0 spiro atoms. The summed E-state index contributed by atoms with van der Waals surface area (Å²) in [7, 11) is 1.57. The van der Waals surface area contributed by atoms with Gasteiger partial charge in [0.05, 0.1) is 19.9 Å². The molecule has 2 aromatic heterocycles. The predicted molar refractivity (Wildman–Crippen MR) is 110 cm³/mol. The zero-order chi connectivity index (χ0) is 21.1. The number of carbonyl (C=O) groups excluding carboxylic acids is 2. The Labute approximate surface area is 172 Å². The van der Waals surface area contributed by atoms with Gasteiger partial charge in [-0.05, 0) is 38.5 Å². The van der Waals surface area contributed by atoms with Crippen molar-refractivity contribution in [3.05, 3.63) is 41.6 Å². The summed E-state index contributed by atoms with van der Waals surface area (Å²) in [4.78, 5) is 29.2. The Bertz CT molecular complexity index is 1080. The van der Waals surface area contributed by atoms with Gasteiger partial charge in [0, 0.05) is 5.39 Å². The Morgan fingerprint density at radius 1 is 1.34 bits per heavy atom. The molecule has 3 rings (SSSR count). The molecule has 152 valence electrons. The van der Waals surface area contributed by atoms with Crippen LogP contribution in [0.4, 0.5) is 5.82 Å². The van der Waals surface area contributed by atoms with Crippen molar-refractivity contribution in [3.63, 3.8) is 0 Å². The molecule has 29 heavy (non-hydrogen) atoms. The first kappa shape index (κ1) is 20.6. The summed E-state index contributed by atoms with van der Waals surface area (Å²) in [6.07, 6.45) is 1.33. The van der Waals surface area contributed by atoms with Crippen LogP contribution in [0.15, 0.2) is 30.5 Å². The number of methoxy groups -OCH3 is 1. The van der Waals surface area contributed by atoms with Gasteiger partial charge in [-0.25, -0.2) is 9.78 Å².